The Labute approximate surface area is 125 Å². The molecule has 8 heteroatoms. The molecule has 1 heterocycles. The number of benzene rings is 1. The molecular weight excluding hydrogens is 299 g/mol. The van der Waals surface area contributed by atoms with E-state index in [0.29, 0.717) is 0 Å². The molecule has 110 valence electrons. The van der Waals surface area contributed by atoms with Crippen LogP contribution in [0.2, 0.25) is 5.15 Å². The van der Waals surface area contributed by atoms with Crippen LogP contribution in [0.5, 0.6) is 5.75 Å². The fourth-order valence-electron chi connectivity index (χ4n) is 1.65. The summed E-state index contributed by atoms with van der Waals surface area (Å²) in [6.07, 6.45) is 0. The maximum Gasteiger partial charge on any atom is 0.255 e. The Morgan fingerprint density at radius 1 is 1.38 bits per heavy atom. The molecule has 0 spiro atoms. The first-order valence-electron chi connectivity index (χ1n) is 5.82. The summed E-state index contributed by atoms with van der Waals surface area (Å²) in [7, 11) is 1.36. The second-order valence-corrected chi connectivity index (χ2v) is 4.40. The minimum Gasteiger partial charge on any atom is -0.494 e. The van der Waals surface area contributed by atoms with E-state index >= 15 is 0 Å². The van der Waals surface area contributed by atoms with Crippen molar-refractivity contribution in [1.82, 2.24) is 4.98 Å². The van der Waals surface area contributed by atoms with Crippen molar-refractivity contribution in [3.8, 4) is 5.75 Å². The quantitative estimate of drug-likeness (QED) is 0.458. The summed E-state index contributed by atoms with van der Waals surface area (Å²) in [6.45, 7) is 0. The molecule has 0 unspecified atom stereocenters. The van der Waals surface area contributed by atoms with E-state index in [-0.39, 0.29) is 28.0 Å². The largest absolute Gasteiger partial charge is 0.494 e. The van der Waals surface area contributed by atoms with Crippen LogP contribution in [-0.2, 0) is 0 Å². The van der Waals surface area contributed by atoms with Crippen LogP contribution in [0.1, 0.15) is 10.4 Å². The first-order valence-corrected chi connectivity index (χ1v) is 6.20. The minimum absolute atomic E-state index is 0.0922. The number of anilines is 2. The fraction of sp³-hybridized carbons (Fsp3) is 0.0769. The van der Waals surface area contributed by atoms with Crippen LogP contribution < -0.4 is 21.3 Å². The molecule has 1 aromatic heterocycles. The van der Waals surface area contributed by atoms with Crippen LogP contribution >= 0.6 is 11.6 Å². The Balaban J connectivity index is 2.21. The number of carbonyl (C=O) groups excluding carboxylic acids is 1. The van der Waals surface area contributed by atoms with Crippen molar-refractivity contribution in [2.24, 2.45) is 5.84 Å². The second-order valence-electron chi connectivity index (χ2n) is 4.01. The van der Waals surface area contributed by atoms with Crippen LogP contribution in [0.4, 0.5) is 15.9 Å². The number of pyridine rings is 1. The Morgan fingerprint density at radius 2 is 2.14 bits per heavy atom. The van der Waals surface area contributed by atoms with Crippen molar-refractivity contribution in [3.63, 3.8) is 0 Å². The molecule has 0 aliphatic rings. The number of nitrogens with zero attached hydrogens (tertiary/aromatic N) is 1. The van der Waals surface area contributed by atoms with Gasteiger partial charge in [-0.1, -0.05) is 11.6 Å². The SMILES string of the molecule is COc1ccc(NC(=O)c2cc(Cl)nc(NN)c2)cc1F. The highest BCUT2D eigenvalue weighted by Gasteiger charge is 2.11. The van der Waals surface area contributed by atoms with Gasteiger partial charge in [-0.2, -0.15) is 0 Å². The second kappa shape index (κ2) is 6.38. The van der Waals surface area contributed by atoms with Gasteiger partial charge < -0.3 is 15.5 Å². The third-order valence-corrected chi connectivity index (χ3v) is 2.81. The highest BCUT2D eigenvalue weighted by Crippen LogP contribution is 2.21. The standard InChI is InChI=1S/C13H12ClFN4O2/c1-21-10-3-2-8(6-9(10)15)17-13(20)7-4-11(14)18-12(5-7)19-16/h2-6H,16H2,1H3,(H,17,20)(H,18,19). The summed E-state index contributed by atoms with van der Waals surface area (Å²) in [5.74, 6) is 4.51. The average Bonchev–Trinajstić information content (AvgIpc) is 2.46. The van der Waals surface area contributed by atoms with Gasteiger partial charge in [0.25, 0.3) is 5.91 Å². The van der Waals surface area contributed by atoms with Crippen molar-refractivity contribution in [3.05, 3.63) is 46.9 Å². The zero-order valence-electron chi connectivity index (χ0n) is 11.0. The lowest BCUT2D eigenvalue weighted by atomic mass is 10.2. The van der Waals surface area contributed by atoms with Gasteiger partial charge in [-0.05, 0) is 24.3 Å². The molecule has 2 aromatic rings. The molecular formula is C13H12ClFN4O2. The Bertz CT molecular complexity index is 681. The van der Waals surface area contributed by atoms with Gasteiger partial charge in [-0.25, -0.2) is 15.2 Å². The van der Waals surface area contributed by atoms with Crippen LogP contribution in [0, 0.1) is 5.82 Å². The van der Waals surface area contributed by atoms with E-state index in [0.717, 1.165) is 6.07 Å². The van der Waals surface area contributed by atoms with Gasteiger partial charge in [0.2, 0.25) is 0 Å². The molecule has 6 nitrogen and oxygen atoms in total. The number of amides is 1. The Kier molecular flexibility index (Phi) is 4.56. The monoisotopic (exact) mass is 310 g/mol. The number of nitrogens with two attached hydrogens (primary N) is 1. The van der Waals surface area contributed by atoms with Gasteiger partial charge in [0.05, 0.1) is 7.11 Å². The number of halogens is 2. The van der Waals surface area contributed by atoms with Crippen molar-refractivity contribution in [2.75, 3.05) is 17.9 Å². The minimum atomic E-state index is -0.577. The van der Waals surface area contributed by atoms with E-state index < -0.39 is 11.7 Å². The smallest absolute Gasteiger partial charge is 0.255 e. The maximum atomic E-state index is 13.6. The average molecular weight is 311 g/mol. The van der Waals surface area contributed by atoms with Gasteiger partial charge >= 0.3 is 0 Å². The van der Waals surface area contributed by atoms with Gasteiger partial charge in [-0.3, -0.25) is 4.79 Å². The third kappa shape index (κ3) is 3.59. The molecule has 4 N–H and O–H groups in total. The molecule has 1 amide bonds. The van der Waals surface area contributed by atoms with E-state index in [1.807, 2.05) is 0 Å². The zero-order chi connectivity index (χ0) is 15.4. The van der Waals surface area contributed by atoms with Gasteiger partial charge in [-0.15, -0.1) is 0 Å². The topological polar surface area (TPSA) is 89.3 Å². The molecule has 0 aliphatic carbocycles. The lowest BCUT2D eigenvalue weighted by Crippen LogP contribution is -2.14. The number of ether oxygens (including phenoxy) is 1. The number of nitrogens with one attached hydrogen (secondary N) is 2. The van der Waals surface area contributed by atoms with Gasteiger partial charge in [0, 0.05) is 17.3 Å². The molecule has 0 atom stereocenters. The van der Waals surface area contributed by atoms with Crippen molar-refractivity contribution >= 4 is 29.0 Å². The van der Waals surface area contributed by atoms with E-state index in [2.05, 4.69) is 15.7 Å². The number of hydrogen-bond acceptors (Lipinski definition) is 5. The highest BCUT2D eigenvalue weighted by molar-refractivity contribution is 6.30. The van der Waals surface area contributed by atoms with E-state index in [1.165, 1.54) is 31.4 Å². The Hall–Kier alpha value is -2.38. The normalized spacial score (nSPS) is 10.1. The number of nitrogen functional groups attached to an aromatic ring is 1. The highest BCUT2D eigenvalue weighted by atomic mass is 35.5. The van der Waals surface area contributed by atoms with Crippen molar-refractivity contribution in [2.45, 2.75) is 0 Å². The summed E-state index contributed by atoms with van der Waals surface area (Å²) in [4.78, 5) is 15.9. The third-order valence-electron chi connectivity index (χ3n) is 2.61. The van der Waals surface area contributed by atoms with Crippen LogP contribution in [0.15, 0.2) is 30.3 Å². The molecule has 2 rings (SSSR count). The number of methoxy groups -OCH3 is 1. The number of aromatic nitrogens is 1. The summed E-state index contributed by atoms with van der Waals surface area (Å²) in [6, 6.07) is 6.88. The molecule has 0 radical (unpaired) electrons. The summed E-state index contributed by atoms with van der Waals surface area (Å²) in [5, 5.41) is 2.65. The molecule has 0 fully saturated rings. The molecule has 0 aliphatic heterocycles. The lowest BCUT2D eigenvalue weighted by Gasteiger charge is -2.08. The first kappa shape index (κ1) is 15.0. The van der Waals surface area contributed by atoms with E-state index in [1.54, 1.807) is 0 Å². The van der Waals surface area contributed by atoms with E-state index in [4.69, 9.17) is 22.2 Å². The van der Waals surface area contributed by atoms with Crippen LogP contribution in [0.25, 0.3) is 0 Å². The van der Waals surface area contributed by atoms with Crippen LogP contribution in [0.3, 0.4) is 0 Å². The van der Waals surface area contributed by atoms with Crippen LogP contribution in [-0.4, -0.2) is 18.0 Å². The molecule has 0 saturated heterocycles. The molecule has 21 heavy (non-hydrogen) atoms. The Morgan fingerprint density at radius 3 is 2.76 bits per heavy atom. The lowest BCUT2D eigenvalue weighted by molar-refractivity contribution is 0.102. The maximum absolute atomic E-state index is 13.6. The molecule has 0 bridgehead atoms. The summed E-state index contributed by atoms with van der Waals surface area (Å²) < 4.78 is 18.4. The van der Waals surface area contributed by atoms with Gasteiger partial charge in [0.15, 0.2) is 11.6 Å². The van der Waals surface area contributed by atoms with Crippen molar-refractivity contribution < 1.29 is 13.9 Å². The number of hydrogen-bond donors (Lipinski definition) is 3. The molecule has 1 aromatic carbocycles. The van der Waals surface area contributed by atoms with E-state index in [9.17, 15) is 9.18 Å². The number of carbonyl (C=O) groups is 1. The fourth-order valence-corrected chi connectivity index (χ4v) is 1.86. The number of hydrazine groups is 1. The molecule has 0 saturated carbocycles. The zero-order valence-corrected chi connectivity index (χ0v) is 11.7. The predicted octanol–water partition coefficient (Wildman–Crippen LogP) is 2.42. The first-order chi connectivity index (χ1) is 10.0. The van der Waals surface area contributed by atoms with Crippen molar-refractivity contribution in [1.29, 1.82) is 0 Å². The number of rotatable bonds is 4. The summed E-state index contributed by atoms with van der Waals surface area (Å²) in [5.41, 5.74) is 2.82. The van der Waals surface area contributed by atoms with Gasteiger partial charge in [0.1, 0.15) is 11.0 Å². The summed E-state index contributed by atoms with van der Waals surface area (Å²) >= 11 is 5.78. The predicted molar refractivity (Wildman–Crippen MR) is 78.0 cm³/mol.